The van der Waals surface area contributed by atoms with Gasteiger partial charge in [0.2, 0.25) is 0 Å². The second kappa shape index (κ2) is 4.14. The molecule has 0 radical (unpaired) electrons. The van der Waals surface area contributed by atoms with E-state index in [9.17, 15) is 13.6 Å². The molecule has 0 aromatic carbocycles. The summed E-state index contributed by atoms with van der Waals surface area (Å²) in [5, 5.41) is 0. The van der Waals surface area contributed by atoms with E-state index in [1.807, 2.05) is 22.6 Å². The predicted octanol–water partition coefficient (Wildman–Crippen LogP) is 1.38. The van der Waals surface area contributed by atoms with Gasteiger partial charge in [0.1, 0.15) is 0 Å². The Kier molecular flexibility index (Phi) is 3.37. The third kappa shape index (κ3) is 2.25. The predicted molar refractivity (Wildman–Crippen MR) is 52.6 cm³/mol. The van der Waals surface area contributed by atoms with Gasteiger partial charge in [-0.1, -0.05) is 0 Å². The van der Waals surface area contributed by atoms with Gasteiger partial charge >= 0.3 is 0 Å². The first-order valence-electron chi connectivity index (χ1n) is 3.46. The van der Waals surface area contributed by atoms with E-state index >= 15 is 0 Å². The maximum absolute atomic E-state index is 12.2. The average molecular weight is 300 g/mol. The van der Waals surface area contributed by atoms with Crippen molar-refractivity contribution in [2.24, 2.45) is 5.73 Å². The Labute approximate surface area is 86.5 Å². The number of rotatable bonds is 2. The highest BCUT2D eigenvalue weighted by Gasteiger charge is 2.14. The molecule has 0 fully saturated rings. The van der Waals surface area contributed by atoms with Gasteiger partial charge in [0.25, 0.3) is 12.0 Å². The van der Waals surface area contributed by atoms with Crippen molar-refractivity contribution in [3.05, 3.63) is 31.2 Å². The largest absolute Gasteiger partial charge is 0.326 e. The Balaban J connectivity index is 3.31. The normalized spacial score (nSPS) is 10.8. The summed E-state index contributed by atoms with van der Waals surface area (Å²) in [5.74, 6) is 0. The Morgan fingerprint density at radius 3 is 2.69 bits per heavy atom. The molecule has 0 saturated carbocycles. The van der Waals surface area contributed by atoms with Crippen LogP contribution in [-0.4, -0.2) is 4.98 Å². The van der Waals surface area contributed by atoms with Crippen molar-refractivity contribution >= 4 is 22.6 Å². The van der Waals surface area contributed by atoms with Crippen LogP contribution in [0.25, 0.3) is 0 Å². The minimum Gasteiger partial charge on any atom is -0.326 e. The van der Waals surface area contributed by atoms with E-state index in [-0.39, 0.29) is 6.54 Å². The molecule has 0 bridgehead atoms. The third-order valence-electron chi connectivity index (χ3n) is 1.55. The van der Waals surface area contributed by atoms with Crippen LogP contribution < -0.4 is 11.3 Å². The fourth-order valence-corrected chi connectivity index (χ4v) is 1.50. The highest BCUT2D eigenvalue weighted by Crippen LogP contribution is 2.17. The molecule has 0 aliphatic rings. The number of nitrogens with two attached hydrogens (primary N) is 1. The highest BCUT2D eigenvalue weighted by atomic mass is 127. The molecule has 6 heteroatoms. The van der Waals surface area contributed by atoms with Crippen molar-refractivity contribution in [3.63, 3.8) is 0 Å². The standard InChI is InChI=1S/C7H7F2IN2O/c8-5(9)4-1-3(2-11)6(10)12-7(4)13/h1,5H,2,11H2,(H,12,13). The fraction of sp³-hybridized carbons (Fsp3) is 0.286. The molecule has 3 N–H and O–H groups in total. The van der Waals surface area contributed by atoms with Gasteiger partial charge in [-0.05, 0) is 34.2 Å². The van der Waals surface area contributed by atoms with Crippen LogP contribution in [-0.2, 0) is 6.54 Å². The summed E-state index contributed by atoms with van der Waals surface area (Å²) in [5.41, 5.74) is 4.54. The van der Waals surface area contributed by atoms with Crippen molar-refractivity contribution in [1.82, 2.24) is 4.98 Å². The molecule has 0 unspecified atom stereocenters. The fourth-order valence-electron chi connectivity index (χ4n) is 0.879. The maximum Gasteiger partial charge on any atom is 0.269 e. The van der Waals surface area contributed by atoms with Crippen molar-refractivity contribution in [2.45, 2.75) is 13.0 Å². The minimum atomic E-state index is -2.76. The lowest BCUT2D eigenvalue weighted by atomic mass is 10.2. The van der Waals surface area contributed by atoms with Gasteiger partial charge < -0.3 is 10.7 Å². The molecule has 72 valence electrons. The molecule has 3 nitrogen and oxygen atoms in total. The first kappa shape index (κ1) is 10.6. The van der Waals surface area contributed by atoms with Gasteiger partial charge in [-0.3, -0.25) is 4.79 Å². The molecule has 1 aromatic heterocycles. The van der Waals surface area contributed by atoms with Gasteiger partial charge in [0.05, 0.1) is 9.26 Å². The van der Waals surface area contributed by atoms with Gasteiger partial charge in [0.15, 0.2) is 0 Å². The van der Waals surface area contributed by atoms with Gasteiger partial charge in [-0.15, -0.1) is 0 Å². The summed E-state index contributed by atoms with van der Waals surface area (Å²) in [7, 11) is 0. The number of H-pyrrole nitrogens is 1. The molecule has 0 amide bonds. The summed E-state index contributed by atoms with van der Waals surface area (Å²) in [6.07, 6.45) is -2.76. The Hall–Kier alpha value is -0.500. The summed E-state index contributed by atoms with van der Waals surface area (Å²) in [6, 6.07) is 1.14. The average Bonchev–Trinajstić information content (AvgIpc) is 2.03. The molecule has 0 aliphatic heterocycles. The molecular weight excluding hydrogens is 293 g/mol. The van der Waals surface area contributed by atoms with Crippen LogP contribution in [0.4, 0.5) is 8.78 Å². The first-order chi connectivity index (χ1) is 6.06. The van der Waals surface area contributed by atoms with Gasteiger partial charge in [-0.2, -0.15) is 0 Å². The number of aromatic amines is 1. The van der Waals surface area contributed by atoms with E-state index in [2.05, 4.69) is 4.98 Å². The molecule has 0 saturated heterocycles. The third-order valence-corrected chi connectivity index (χ3v) is 2.51. The van der Waals surface area contributed by atoms with Crippen LogP contribution in [0.1, 0.15) is 17.6 Å². The van der Waals surface area contributed by atoms with Crippen LogP contribution in [0.3, 0.4) is 0 Å². The molecule has 13 heavy (non-hydrogen) atoms. The second-order valence-electron chi connectivity index (χ2n) is 2.40. The summed E-state index contributed by atoms with van der Waals surface area (Å²) >= 11 is 1.85. The summed E-state index contributed by atoms with van der Waals surface area (Å²) < 4.78 is 24.9. The monoisotopic (exact) mass is 300 g/mol. The number of hydrogen-bond donors (Lipinski definition) is 2. The number of hydrogen-bond acceptors (Lipinski definition) is 2. The second-order valence-corrected chi connectivity index (χ2v) is 3.48. The molecular formula is C7H7F2IN2O. The van der Waals surface area contributed by atoms with Crippen molar-refractivity contribution in [3.8, 4) is 0 Å². The molecule has 0 atom stereocenters. The number of nitrogens with one attached hydrogen (secondary N) is 1. The van der Waals surface area contributed by atoms with Crippen LogP contribution in [0, 0.1) is 3.70 Å². The number of pyridine rings is 1. The van der Waals surface area contributed by atoms with Crippen molar-refractivity contribution < 1.29 is 8.78 Å². The van der Waals surface area contributed by atoms with Crippen LogP contribution in [0.2, 0.25) is 0 Å². The van der Waals surface area contributed by atoms with Crippen molar-refractivity contribution in [2.75, 3.05) is 0 Å². The number of aromatic nitrogens is 1. The van der Waals surface area contributed by atoms with E-state index in [1.165, 1.54) is 0 Å². The molecule has 1 heterocycles. The summed E-state index contributed by atoms with van der Waals surface area (Å²) in [6.45, 7) is 0.134. The minimum absolute atomic E-state index is 0.134. The zero-order valence-electron chi connectivity index (χ0n) is 6.48. The van der Waals surface area contributed by atoms with E-state index in [1.54, 1.807) is 0 Å². The quantitative estimate of drug-likeness (QED) is 0.640. The lowest BCUT2D eigenvalue weighted by molar-refractivity contribution is 0.149. The first-order valence-corrected chi connectivity index (χ1v) is 4.54. The van der Waals surface area contributed by atoms with E-state index in [0.29, 0.717) is 9.26 Å². The number of alkyl halides is 2. The molecule has 1 aromatic rings. The van der Waals surface area contributed by atoms with Crippen LogP contribution >= 0.6 is 22.6 Å². The van der Waals surface area contributed by atoms with Gasteiger partial charge in [-0.25, -0.2) is 8.78 Å². The van der Waals surface area contributed by atoms with E-state index in [0.717, 1.165) is 6.07 Å². The van der Waals surface area contributed by atoms with Crippen LogP contribution in [0.5, 0.6) is 0 Å². The van der Waals surface area contributed by atoms with E-state index < -0.39 is 17.5 Å². The SMILES string of the molecule is NCc1cc(C(F)F)c(=O)[nH]c1I. The lowest BCUT2D eigenvalue weighted by Gasteiger charge is -2.03. The molecule has 0 aliphatic carbocycles. The van der Waals surface area contributed by atoms with E-state index in [4.69, 9.17) is 5.73 Å². The Morgan fingerprint density at radius 1 is 1.62 bits per heavy atom. The Morgan fingerprint density at radius 2 is 2.23 bits per heavy atom. The Bertz CT molecular complexity index is 364. The topological polar surface area (TPSA) is 58.9 Å². The lowest BCUT2D eigenvalue weighted by Crippen LogP contribution is -2.17. The van der Waals surface area contributed by atoms with Gasteiger partial charge in [0, 0.05) is 6.54 Å². The molecule has 0 spiro atoms. The van der Waals surface area contributed by atoms with Crippen molar-refractivity contribution in [1.29, 1.82) is 0 Å². The smallest absolute Gasteiger partial charge is 0.269 e. The number of halogens is 3. The zero-order chi connectivity index (χ0) is 10.0. The highest BCUT2D eigenvalue weighted by molar-refractivity contribution is 14.1. The molecule has 1 rings (SSSR count). The summed E-state index contributed by atoms with van der Waals surface area (Å²) in [4.78, 5) is 13.3. The maximum atomic E-state index is 12.2. The zero-order valence-corrected chi connectivity index (χ0v) is 8.64. The van der Waals surface area contributed by atoms with Crippen LogP contribution in [0.15, 0.2) is 10.9 Å².